The van der Waals surface area contributed by atoms with Crippen LogP contribution in [0, 0.1) is 5.92 Å². The van der Waals surface area contributed by atoms with E-state index in [9.17, 15) is 0 Å². The van der Waals surface area contributed by atoms with Crippen molar-refractivity contribution in [2.45, 2.75) is 52.5 Å². The molecule has 0 bridgehead atoms. The standard InChI is InChI=1S/C16H26ClN/c1-12(2)9-14(11-18-16(3,4)5)13-7-6-8-15(17)10-13/h6-8,10,12,14,18H,9,11H2,1-5H3. The van der Waals surface area contributed by atoms with E-state index in [0.717, 1.165) is 11.6 Å². The number of rotatable bonds is 5. The van der Waals surface area contributed by atoms with Gasteiger partial charge < -0.3 is 5.32 Å². The highest BCUT2D eigenvalue weighted by molar-refractivity contribution is 6.30. The molecule has 1 rings (SSSR count). The zero-order valence-corrected chi connectivity index (χ0v) is 13.0. The van der Waals surface area contributed by atoms with Crippen LogP contribution in [0.5, 0.6) is 0 Å². The first-order valence-electron chi connectivity index (χ1n) is 6.78. The molecule has 1 aromatic rings. The third-order valence-corrected chi connectivity index (χ3v) is 3.19. The highest BCUT2D eigenvalue weighted by Crippen LogP contribution is 2.26. The highest BCUT2D eigenvalue weighted by Gasteiger charge is 2.17. The predicted octanol–water partition coefficient (Wildman–Crippen LogP) is 4.86. The summed E-state index contributed by atoms with van der Waals surface area (Å²) in [5.41, 5.74) is 1.50. The Morgan fingerprint density at radius 3 is 2.39 bits per heavy atom. The molecule has 0 radical (unpaired) electrons. The molecule has 102 valence electrons. The van der Waals surface area contributed by atoms with Gasteiger partial charge in [-0.05, 0) is 56.7 Å². The Bertz CT molecular complexity index is 366. The fourth-order valence-electron chi connectivity index (χ4n) is 2.10. The lowest BCUT2D eigenvalue weighted by Gasteiger charge is -2.26. The average molecular weight is 268 g/mol. The number of hydrogen-bond acceptors (Lipinski definition) is 1. The first-order valence-corrected chi connectivity index (χ1v) is 7.16. The van der Waals surface area contributed by atoms with Gasteiger partial charge in [0.05, 0.1) is 0 Å². The van der Waals surface area contributed by atoms with Gasteiger partial charge in [-0.3, -0.25) is 0 Å². The van der Waals surface area contributed by atoms with Crippen LogP contribution < -0.4 is 5.32 Å². The quantitative estimate of drug-likeness (QED) is 0.804. The van der Waals surface area contributed by atoms with Gasteiger partial charge in [0.2, 0.25) is 0 Å². The number of halogens is 1. The molecule has 0 amide bonds. The Hall–Kier alpha value is -0.530. The number of nitrogens with one attached hydrogen (secondary N) is 1. The molecule has 1 nitrogen and oxygen atoms in total. The molecule has 0 aliphatic rings. The summed E-state index contributed by atoms with van der Waals surface area (Å²) in [5, 5.41) is 4.43. The van der Waals surface area contributed by atoms with Crippen molar-refractivity contribution in [2.75, 3.05) is 6.54 Å². The molecular weight excluding hydrogens is 242 g/mol. The van der Waals surface area contributed by atoms with Crippen LogP contribution in [-0.4, -0.2) is 12.1 Å². The SMILES string of the molecule is CC(C)CC(CNC(C)(C)C)c1cccc(Cl)c1. The molecule has 0 spiro atoms. The molecule has 0 aliphatic heterocycles. The Kier molecular flexibility index (Phi) is 5.68. The summed E-state index contributed by atoms with van der Waals surface area (Å²) in [5.74, 6) is 1.22. The maximum Gasteiger partial charge on any atom is 0.0408 e. The minimum Gasteiger partial charge on any atom is -0.311 e. The van der Waals surface area contributed by atoms with Gasteiger partial charge >= 0.3 is 0 Å². The van der Waals surface area contributed by atoms with E-state index in [4.69, 9.17) is 11.6 Å². The molecule has 0 aromatic heterocycles. The summed E-state index contributed by atoms with van der Waals surface area (Å²) < 4.78 is 0. The van der Waals surface area contributed by atoms with Crippen LogP contribution in [0.15, 0.2) is 24.3 Å². The summed E-state index contributed by atoms with van der Waals surface area (Å²) in [7, 11) is 0. The van der Waals surface area contributed by atoms with E-state index in [1.54, 1.807) is 0 Å². The summed E-state index contributed by atoms with van der Waals surface area (Å²) in [6.45, 7) is 12.2. The zero-order chi connectivity index (χ0) is 13.8. The molecule has 0 saturated heterocycles. The predicted molar refractivity (Wildman–Crippen MR) is 81.4 cm³/mol. The molecule has 0 fully saturated rings. The Morgan fingerprint density at radius 2 is 1.89 bits per heavy atom. The van der Waals surface area contributed by atoms with Crippen LogP contribution >= 0.6 is 11.6 Å². The molecule has 1 aromatic carbocycles. The van der Waals surface area contributed by atoms with Gasteiger partial charge in [0.25, 0.3) is 0 Å². The van der Waals surface area contributed by atoms with Crippen molar-refractivity contribution in [1.29, 1.82) is 0 Å². The van der Waals surface area contributed by atoms with Crippen molar-refractivity contribution in [3.05, 3.63) is 34.9 Å². The van der Waals surface area contributed by atoms with E-state index in [2.05, 4.69) is 52.1 Å². The maximum absolute atomic E-state index is 6.10. The van der Waals surface area contributed by atoms with E-state index >= 15 is 0 Å². The van der Waals surface area contributed by atoms with Crippen molar-refractivity contribution in [3.8, 4) is 0 Å². The van der Waals surface area contributed by atoms with Crippen LogP contribution in [0.1, 0.15) is 52.5 Å². The summed E-state index contributed by atoms with van der Waals surface area (Å²) in [6, 6.07) is 8.26. The maximum atomic E-state index is 6.10. The monoisotopic (exact) mass is 267 g/mol. The normalized spacial score (nSPS) is 13.9. The number of hydrogen-bond donors (Lipinski definition) is 1. The molecule has 0 aliphatic carbocycles. The highest BCUT2D eigenvalue weighted by atomic mass is 35.5. The van der Waals surface area contributed by atoms with Crippen LogP contribution in [0.3, 0.4) is 0 Å². The summed E-state index contributed by atoms with van der Waals surface area (Å²) >= 11 is 6.10. The van der Waals surface area contributed by atoms with Gasteiger partial charge in [-0.15, -0.1) is 0 Å². The Morgan fingerprint density at radius 1 is 1.22 bits per heavy atom. The fourth-order valence-corrected chi connectivity index (χ4v) is 2.29. The van der Waals surface area contributed by atoms with Gasteiger partial charge in [-0.1, -0.05) is 37.6 Å². The average Bonchev–Trinajstić information content (AvgIpc) is 2.22. The van der Waals surface area contributed by atoms with Crippen molar-refractivity contribution in [3.63, 3.8) is 0 Å². The van der Waals surface area contributed by atoms with E-state index in [-0.39, 0.29) is 5.54 Å². The van der Waals surface area contributed by atoms with Crippen LogP contribution in [-0.2, 0) is 0 Å². The third kappa shape index (κ3) is 5.88. The lowest BCUT2D eigenvalue weighted by atomic mass is 9.89. The van der Waals surface area contributed by atoms with Gasteiger partial charge in [0.15, 0.2) is 0 Å². The minimum absolute atomic E-state index is 0.161. The summed E-state index contributed by atoms with van der Waals surface area (Å²) in [4.78, 5) is 0. The van der Waals surface area contributed by atoms with Crippen molar-refractivity contribution >= 4 is 11.6 Å². The zero-order valence-electron chi connectivity index (χ0n) is 12.3. The molecule has 18 heavy (non-hydrogen) atoms. The second-order valence-corrected chi connectivity index (χ2v) is 6.95. The van der Waals surface area contributed by atoms with Gasteiger partial charge in [-0.2, -0.15) is 0 Å². The Balaban J connectivity index is 2.78. The van der Waals surface area contributed by atoms with Crippen LogP contribution in [0.2, 0.25) is 5.02 Å². The minimum atomic E-state index is 0.161. The third-order valence-electron chi connectivity index (χ3n) is 2.95. The molecule has 1 unspecified atom stereocenters. The second kappa shape index (κ2) is 6.58. The van der Waals surface area contributed by atoms with Crippen molar-refractivity contribution < 1.29 is 0 Å². The Labute approximate surface area is 117 Å². The summed E-state index contributed by atoms with van der Waals surface area (Å²) in [6.07, 6.45) is 1.18. The largest absolute Gasteiger partial charge is 0.311 e. The van der Waals surface area contributed by atoms with Crippen molar-refractivity contribution in [2.24, 2.45) is 5.92 Å². The molecule has 2 heteroatoms. The molecule has 0 heterocycles. The second-order valence-electron chi connectivity index (χ2n) is 6.51. The lowest BCUT2D eigenvalue weighted by Crippen LogP contribution is -2.38. The van der Waals surface area contributed by atoms with Gasteiger partial charge in [-0.25, -0.2) is 0 Å². The van der Waals surface area contributed by atoms with Gasteiger partial charge in [0, 0.05) is 17.1 Å². The number of benzene rings is 1. The van der Waals surface area contributed by atoms with Crippen LogP contribution in [0.25, 0.3) is 0 Å². The lowest BCUT2D eigenvalue weighted by molar-refractivity contribution is 0.381. The fraction of sp³-hybridized carbons (Fsp3) is 0.625. The topological polar surface area (TPSA) is 12.0 Å². The van der Waals surface area contributed by atoms with Crippen LogP contribution in [0.4, 0.5) is 0 Å². The first kappa shape index (κ1) is 15.5. The van der Waals surface area contributed by atoms with Gasteiger partial charge in [0.1, 0.15) is 0 Å². The van der Waals surface area contributed by atoms with E-state index in [1.165, 1.54) is 12.0 Å². The van der Waals surface area contributed by atoms with E-state index in [0.29, 0.717) is 11.8 Å². The molecule has 1 atom stereocenters. The molecule has 0 saturated carbocycles. The first-order chi connectivity index (χ1) is 8.28. The van der Waals surface area contributed by atoms with Crippen molar-refractivity contribution in [1.82, 2.24) is 5.32 Å². The smallest absolute Gasteiger partial charge is 0.0408 e. The molecule has 1 N–H and O–H groups in total. The van der Waals surface area contributed by atoms with E-state index in [1.807, 2.05) is 12.1 Å². The van der Waals surface area contributed by atoms with E-state index < -0.39 is 0 Å². The molecular formula is C16H26ClN.